The van der Waals surface area contributed by atoms with E-state index in [1.54, 1.807) is 0 Å². The van der Waals surface area contributed by atoms with Gasteiger partial charge in [-0.1, -0.05) is 188 Å². The summed E-state index contributed by atoms with van der Waals surface area (Å²) in [6.07, 6.45) is 0. The van der Waals surface area contributed by atoms with Gasteiger partial charge in [0, 0.05) is 33.4 Å². The molecule has 0 unspecified atom stereocenters. The number of hydrogen-bond donors (Lipinski definition) is 0. The van der Waals surface area contributed by atoms with Crippen LogP contribution in [0.1, 0.15) is 5.56 Å². The highest BCUT2D eigenvalue weighted by Gasteiger charge is 2.20. The number of aromatic nitrogens is 1. The molecule has 0 aliphatic carbocycles. The van der Waals surface area contributed by atoms with E-state index in [1.165, 1.54) is 77.1 Å². The molecular formula is C59H42N2. The van der Waals surface area contributed by atoms with Gasteiger partial charge in [-0.3, -0.25) is 0 Å². The van der Waals surface area contributed by atoms with Crippen LogP contribution in [0, 0.1) is 6.92 Å². The lowest BCUT2D eigenvalue weighted by Crippen LogP contribution is -2.10. The number of nitrogens with zero attached hydrogens (tertiary/aromatic N) is 2. The Labute approximate surface area is 356 Å². The monoisotopic (exact) mass is 778 g/mol. The third-order valence-corrected chi connectivity index (χ3v) is 12.0. The smallest absolute Gasteiger partial charge is 0.0562 e. The van der Waals surface area contributed by atoms with Crippen molar-refractivity contribution in [1.29, 1.82) is 0 Å². The summed E-state index contributed by atoms with van der Waals surface area (Å²) in [5.41, 5.74) is 17.5. The molecule has 0 saturated heterocycles. The lowest BCUT2D eigenvalue weighted by Gasteiger charge is -2.26. The van der Waals surface area contributed by atoms with Gasteiger partial charge in [-0.05, 0) is 111 Å². The molecule has 1 heterocycles. The first kappa shape index (κ1) is 36.2. The van der Waals surface area contributed by atoms with E-state index in [4.69, 9.17) is 0 Å². The maximum absolute atomic E-state index is 2.49. The lowest BCUT2D eigenvalue weighted by molar-refractivity contribution is 1.18. The van der Waals surface area contributed by atoms with Gasteiger partial charge >= 0.3 is 0 Å². The molecule has 11 aromatic rings. The van der Waals surface area contributed by atoms with Crippen LogP contribution in [0.5, 0.6) is 0 Å². The Morgan fingerprint density at radius 2 is 0.836 bits per heavy atom. The molecule has 288 valence electrons. The number of fused-ring (bicyclic) bond motifs is 4. The maximum atomic E-state index is 2.49. The fourth-order valence-electron chi connectivity index (χ4n) is 8.99. The van der Waals surface area contributed by atoms with Gasteiger partial charge in [0.2, 0.25) is 0 Å². The molecule has 0 spiro atoms. The minimum atomic E-state index is 1.08. The third-order valence-electron chi connectivity index (χ3n) is 12.0. The molecule has 0 bridgehead atoms. The average Bonchev–Trinajstić information content (AvgIpc) is 3.66. The minimum Gasteiger partial charge on any atom is -0.310 e. The van der Waals surface area contributed by atoms with E-state index in [0.29, 0.717) is 0 Å². The molecule has 0 radical (unpaired) electrons. The van der Waals surface area contributed by atoms with Crippen molar-refractivity contribution in [3.8, 4) is 50.2 Å². The Kier molecular flexibility index (Phi) is 9.09. The summed E-state index contributed by atoms with van der Waals surface area (Å²) < 4.78 is 2.49. The Hall–Kier alpha value is -7.94. The fraction of sp³-hybridized carbons (Fsp3) is 0.0169. The average molecular weight is 779 g/mol. The molecule has 0 amide bonds. The zero-order valence-corrected chi connectivity index (χ0v) is 33.9. The molecule has 1 aromatic heterocycles. The fourth-order valence-corrected chi connectivity index (χ4v) is 8.99. The Morgan fingerprint density at radius 1 is 0.311 bits per heavy atom. The molecule has 2 heteroatoms. The maximum Gasteiger partial charge on any atom is 0.0562 e. The van der Waals surface area contributed by atoms with E-state index in [-0.39, 0.29) is 0 Å². The SMILES string of the molecule is Cc1cccc(-c2ccc(-c3ccc4ccccc4c3)cc2-n2c3ccccc3c3ccc(N(c4ccc(-c5ccccc5)cc4)c4ccc(-c5ccccc5)cc4)cc32)c1. The molecule has 10 aromatic carbocycles. The second-order valence-corrected chi connectivity index (χ2v) is 15.9. The van der Waals surface area contributed by atoms with Gasteiger partial charge in [0.05, 0.1) is 16.7 Å². The second-order valence-electron chi connectivity index (χ2n) is 15.9. The van der Waals surface area contributed by atoms with Crippen LogP contribution >= 0.6 is 0 Å². The number of rotatable bonds is 8. The van der Waals surface area contributed by atoms with Crippen LogP contribution in [0.15, 0.2) is 237 Å². The molecule has 11 rings (SSSR count). The molecule has 0 aliphatic rings. The highest BCUT2D eigenvalue weighted by molar-refractivity contribution is 6.11. The predicted octanol–water partition coefficient (Wildman–Crippen LogP) is 16.4. The molecule has 61 heavy (non-hydrogen) atoms. The summed E-state index contributed by atoms with van der Waals surface area (Å²) in [6.45, 7) is 2.17. The zero-order valence-electron chi connectivity index (χ0n) is 33.9. The van der Waals surface area contributed by atoms with E-state index >= 15 is 0 Å². The van der Waals surface area contributed by atoms with Gasteiger partial charge in [0.15, 0.2) is 0 Å². The van der Waals surface area contributed by atoms with Gasteiger partial charge in [-0.15, -0.1) is 0 Å². The van der Waals surface area contributed by atoms with E-state index in [9.17, 15) is 0 Å². The van der Waals surface area contributed by atoms with E-state index < -0.39 is 0 Å². The highest BCUT2D eigenvalue weighted by Crippen LogP contribution is 2.43. The minimum absolute atomic E-state index is 1.08. The van der Waals surface area contributed by atoms with Crippen LogP contribution in [0.2, 0.25) is 0 Å². The second kappa shape index (κ2) is 15.3. The van der Waals surface area contributed by atoms with Crippen LogP contribution in [0.25, 0.3) is 82.8 Å². The highest BCUT2D eigenvalue weighted by atomic mass is 15.1. The van der Waals surface area contributed by atoms with Crippen molar-refractivity contribution >= 4 is 49.6 Å². The number of aryl methyl sites for hydroxylation is 1. The first-order chi connectivity index (χ1) is 30.1. The van der Waals surface area contributed by atoms with Crippen molar-refractivity contribution in [2.75, 3.05) is 4.90 Å². The van der Waals surface area contributed by atoms with Crippen molar-refractivity contribution in [3.05, 3.63) is 242 Å². The van der Waals surface area contributed by atoms with Crippen LogP contribution in [-0.2, 0) is 0 Å². The number of hydrogen-bond acceptors (Lipinski definition) is 1. The number of para-hydroxylation sites is 1. The van der Waals surface area contributed by atoms with Gasteiger partial charge in [-0.2, -0.15) is 0 Å². The summed E-state index contributed by atoms with van der Waals surface area (Å²) in [7, 11) is 0. The van der Waals surface area contributed by atoms with Gasteiger partial charge in [0.25, 0.3) is 0 Å². The summed E-state index contributed by atoms with van der Waals surface area (Å²) in [4.78, 5) is 2.39. The third kappa shape index (κ3) is 6.75. The lowest BCUT2D eigenvalue weighted by atomic mass is 9.96. The molecule has 0 saturated carbocycles. The van der Waals surface area contributed by atoms with Crippen LogP contribution in [-0.4, -0.2) is 4.57 Å². The van der Waals surface area contributed by atoms with Crippen LogP contribution < -0.4 is 4.90 Å². The van der Waals surface area contributed by atoms with E-state index in [0.717, 1.165) is 28.3 Å². The number of anilines is 3. The van der Waals surface area contributed by atoms with Crippen molar-refractivity contribution in [2.45, 2.75) is 6.92 Å². The molecule has 0 aliphatic heterocycles. The van der Waals surface area contributed by atoms with Crippen molar-refractivity contribution in [1.82, 2.24) is 4.57 Å². The predicted molar refractivity (Wildman–Crippen MR) is 259 cm³/mol. The Bertz CT molecular complexity index is 3260. The summed E-state index contributed by atoms with van der Waals surface area (Å²) in [6, 6.07) is 86.2. The number of benzene rings is 10. The molecule has 2 nitrogen and oxygen atoms in total. The quantitative estimate of drug-likeness (QED) is 0.149. The Morgan fingerprint density at radius 3 is 1.52 bits per heavy atom. The van der Waals surface area contributed by atoms with Crippen molar-refractivity contribution in [3.63, 3.8) is 0 Å². The van der Waals surface area contributed by atoms with Gasteiger partial charge < -0.3 is 9.47 Å². The summed E-state index contributed by atoms with van der Waals surface area (Å²) in [5, 5.41) is 4.91. The zero-order chi connectivity index (χ0) is 40.7. The molecule has 0 fully saturated rings. The first-order valence-electron chi connectivity index (χ1n) is 21.0. The molecule has 0 N–H and O–H groups in total. The topological polar surface area (TPSA) is 8.17 Å². The largest absolute Gasteiger partial charge is 0.310 e. The van der Waals surface area contributed by atoms with Crippen LogP contribution in [0.3, 0.4) is 0 Å². The van der Waals surface area contributed by atoms with Gasteiger partial charge in [0.1, 0.15) is 0 Å². The van der Waals surface area contributed by atoms with E-state index in [1.807, 2.05) is 0 Å². The normalized spacial score (nSPS) is 11.4. The standard InChI is InChI=1S/C59H42N2/c1-41-13-12-20-50(37-41)54-35-29-49(48-24-23-44-18-8-9-19-47(44)38-48)39-58(54)61-57-22-11-10-21-55(57)56-36-34-53(40-59(56)61)60(51-30-25-45(26-31-51)42-14-4-2-5-15-42)52-32-27-46(28-33-52)43-16-6-3-7-17-43/h2-40H,1H3. The molecular weight excluding hydrogens is 737 g/mol. The van der Waals surface area contributed by atoms with Gasteiger partial charge in [-0.25, -0.2) is 0 Å². The molecule has 0 atom stereocenters. The first-order valence-corrected chi connectivity index (χ1v) is 21.0. The summed E-state index contributed by atoms with van der Waals surface area (Å²) >= 11 is 0. The summed E-state index contributed by atoms with van der Waals surface area (Å²) in [5.74, 6) is 0. The van der Waals surface area contributed by atoms with Crippen LogP contribution in [0.4, 0.5) is 17.1 Å². The van der Waals surface area contributed by atoms with Crippen molar-refractivity contribution < 1.29 is 0 Å². The van der Waals surface area contributed by atoms with Crippen molar-refractivity contribution in [2.24, 2.45) is 0 Å². The van der Waals surface area contributed by atoms with E-state index in [2.05, 4.69) is 253 Å². The Balaban J connectivity index is 1.13.